The summed E-state index contributed by atoms with van der Waals surface area (Å²) < 4.78 is 7.60. The van der Waals surface area contributed by atoms with Crippen molar-refractivity contribution in [3.63, 3.8) is 0 Å². The first-order valence-electron chi connectivity index (χ1n) is 7.98. The Bertz CT molecular complexity index is 729. The molecule has 126 valence electrons. The van der Waals surface area contributed by atoms with Crippen LogP contribution in [0.15, 0.2) is 24.3 Å². The zero-order valence-electron chi connectivity index (χ0n) is 15.1. The summed E-state index contributed by atoms with van der Waals surface area (Å²) in [5.41, 5.74) is 0.869. The first-order valence-corrected chi connectivity index (χ1v) is 7.98. The average Bonchev–Trinajstić information content (AvgIpc) is 2.66. The topological polar surface area (TPSA) is 51.5 Å². The molecular formula is C19H27NO3. The van der Waals surface area contributed by atoms with Crippen LogP contribution >= 0.6 is 0 Å². The Balaban J connectivity index is 2.68. The smallest absolute Gasteiger partial charge is 0.341 e. The van der Waals surface area contributed by atoms with E-state index in [-0.39, 0.29) is 12.0 Å². The van der Waals surface area contributed by atoms with Gasteiger partial charge in [-0.15, -0.1) is 0 Å². The molecule has 1 aromatic carbocycles. The van der Waals surface area contributed by atoms with Gasteiger partial charge in [-0.25, -0.2) is 4.79 Å². The highest BCUT2D eigenvalue weighted by atomic mass is 16.6. The molecule has 1 unspecified atom stereocenters. The number of hydrogen-bond acceptors (Lipinski definition) is 3. The van der Waals surface area contributed by atoms with Crippen molar-refractivity contribution < 1.29 is 14.6 Å². The molecule has 4 nitrogen and oxygen atoms in total. The Morgan fingerprint density at radius 2 is 1.74 bits per heavy atom. The lowest BCUT2D eigenvalue weighted by molar-refractivity contribution is 0.00671. The third-order valence-electron chi connectivity index (χ3n) is 4.17. The fourth-order valence-electron chi connectivity index (χ4n) is 2.79. The van der Waals surface area contributed by atoms with Crippen molar-refractivity contribution in [2.24, 2.45) is 0 Å². The van der Waals surface area contributed by atoms with Crippen LogP contribution in [0.1, 0.15) is 63.6 Å². The predicted octanol–water partition coefficient (Wildman–Crippen LogP) is 4.24. The Kier molecular flexibility index (Phi) is 4.33. The fourth-order valence-corrected chi connectivity index (χ4v) is 2.79. The lowest BCUT2D eigenvalue weighted by Gasteiger charge is -2.29. The SMILES string of the molecule is Cc1c(C(=O)OC(C)(C)C)c2ccccc2n1C(C)C(C)(C)O. The third kappa shape index (κ3) is 3.42. The second-order valence-corrected chi connectivity index (χ2v) is 7.68. The van der Waals surface area contributed by atoms with E-state index in [0.717, 1.165) is 16.6 Å². The summed E-state index contributed by atoms with van der Waals surface area (Å²) >= 11 is 0. The Labute approximate surface area is 138 Å². The van der Waals surface area contributed by atoms with Crippen LogP contribution in [-0.4, -0.2) is 26.8 Å². The van der Waals surface area contributed by atoms with Gasteiger partial charge in [-0.1, -0.05) is 18.2 Å². The molecule has 2 aromatic rings. The molecule has 0 saturated heterocycles. The fraction of sp³-hybridized carbons (Fsp3) is 0.526. The van der Waals surface area contributed by atoms with Crippen LogP contribution in [0.3, 0.4) is 0 Å². The number of esters is 1. The number of carbonyl (C=O) groups excluding carboxylic acids is 1. The van der Waals surface area contributed by atoms with E-state index in [1.54, 1.807) is 13.8 Å². The number of ether oxygens (including phenoxy) is 1. The second-order valence-electron chi connectivity index (χ2n) is 7.68. The van der Waals surface area contributed by atoms with Crippen molar-refractivity contribution in [2.45, 2.75) is 65.7 Å². The highest BCUT2D eigenvalue weighted by molar-refractivity contribution is 6.06. The van der Waals surface area contributed by atoms with Crippen LogP contribution in [0.4, 0.5) is 0 Å². The summed E-state index contributed by atoms with van der Waals surface area (Å²) in [7, 11) is 0. The van der Waals surface area contributed by atoms with Crippen molar-refractivity contribution >= 4 is 16.9 Å². The van der Waals surface area contributed by atoms with Gasteiger partial charge < -0.3 is 14.4 Å². The highest BCUT2D eigenvalue weighted by Gasteiger charge is 2.31. The monoisotopic (exact) mass is 317 g/mol. The molecule has 1 heterocycles. The van der Waals surface area contributed by atoms with Crippen LogP contribution in [0.5, 0.6) is 0 Å². The van der Waals surface area contributed by atoms with Crippen LogP contribution in [0.25, 0.3) is 10.9 Å². The maximum absolute atomic E-state index is 12.7. The number of aromatic nitrogens is 1. The van der Waals surface area contributed by atoms with Gasteiger partial charge in [0, 0.05) is 16.6 Å². The molecule has 0 fully saturated rings. The summed E-state index contributed by atoms with van der Waals surface area (Å²) in [5, 5.41) is 11.3. The minimum Gasteiger partial charge on any atom is -0.456 e. The van der Waals surface area contributed by atoms with Gasteiger partial charge in [0.05, 0.1) is 17.2 Å². The molecule has 1 aromatic heterocycles. The van der Waals surface area contributed by atoms with Crippen LogP contribution in [0.2, 0.25) is 0 Å². The van der Waals surface area contributed by atoms with E-state index in [1.807, 2.05) is 63.5 Å². The average molecular weight is 317 g/mol. The number of aliphatic hydroxyl groups is 1. The van der Waals surface area contributed by atoms with Gasteiger partial charge in [0.1, 0.15) is 5.60 Å². The molecule has 1 N–H and O–H groups in total. The van der Waals surface area contributed by atoms with Gasteiger partial charge in [0.15, 0.2) is 0 Å². The van der Waals surface area contributed by atoms with Crippen molar-refractivity contribution in [3.8, 4) is 0 Å². The largest absolute Gasteiger partial charge is 0.456 e. The number of benzene rings is 1. The normalized spacial score (nSPS) is 14.1. The summed E-state index contributed by atoms with van der Waals surface area (Å²) in [6, 6.07) is 7.57. The van der Waals surface area contributed by atoms with Crippen LogP contribution in [-0.2, 0) is 4.74 Å². The first-order chi connectivity index (χ1) is 10.4. The third-order valence-corrected chi connectivity index (χ3v) is 4.17. The number of nitrogens with zero attached hydrogens (tertiary/aromatic N) is 1. The van der Waals surface area contributed by atoms with Crippen molar-refractivity contribution in [1.82, 2.24) is 4.57 Å². The standard InChI is InChI=1S/C19H27NO3/c1-12-16(17(21)23-18(3,4)5)14-10-8-9-11-15(14)20(12)13(2)19(6,7)22/h8-11,13,22H,1-7H3. The molecule has 0 saturated carbocycles. The molecule has 1 atom stereocenters. The number of rotatable bonds is 3. The Hall–Kier alpha value is -1.81. The van der Waals surface area contributed by atoms with Crippen LogP contribution in [0, 0.1) is 6.92 Å². The molecule has 2 rings (SSSR count). The predicted molar refractivity (Wildman–Crippen MR) is 92.9 cm³/mol. The zero-order chi connectivity index (χ0) is 17.6. The molecule has 0 amide bonds. The van der Waals surface area contributed by atoms with Crippen molar-refractivity contribution in [1.29, 1.82) is 0 Å². The lowest BCUT2D eigenvalue weighted by atomic mass is 10.0. The minimum atomic E-state index is -0.905. The summed E-state index contributed by atoms with van der Waals surface area (Å²) in [6.45, 7) is 13.0. The number of fused-ring (bicyclic) bond motifs is 1. The Morgan fingerprint density at radius 3 is 2.26 bits per heavy atom. The van der Waals surface area contributed by atoms with E-state index in [9.17, 15) is 9.90 Å². The Morgan fingerprint density at radius 1 is 1.17 bits per heavy atom. The number of hydrogen-bond donors (Lipinski definition) is 1. The maximum atomic E-state index is 12.7. The lowest BCUT2D eigenvalue weighted by Crippen LogP contribution is -2.31. The number of carbonyl (C=O) groups is 1. The van der Waals surface area contributed by atoms with Gasteiger partial charge >= 0.3 is 5.97 Å². The summed E-state index contributed by atoms with van der Waals surface area (Å²) in [6.07, 6.45) is 0. The van der Waals surface area contributed by atoms with E-state index >= 15 is 0 Å². The molecule has 0 aliphatic heterocycles. The van der Waals surface area contributed by atoms with E-state index in [2.05, 4.69) is 0 Å². The van der Waals surface area contributed by atoms with Crippen LogP contribution < -0.4 is 0 Å². The van der Waals surface area contributed by atoms with Crippen molar-refractivity contribution in [3.05, 3.63) is 35.5 Å². The van der Waals surface area contributed by atoms with Gasteiger partial charge in [0.25, 0.3) is 0 Å². The maximum Gasteiger partial charge on any atom is 0.341 e. The molecule has 0 radical (unpaired) electrons. The highest BCUT2D eigenvalue weighted by Crippen LogP contribution is 2.34. The minimum absolute atomic E-state index is 0.177. The molecule has 0 spiro atoms. The second kappa shape index (κ2) is 5.68. The molecule has 0 aliphatic rings. The zero-order valence-corrected chi connectivity index (χ0v) is 15.1. The van der Waals surface area contributed by atoms with Gasteiger partial charge in [-0.3, -0.25) is 0 Å². The number of para-hydroxylation sites is 1. The van der Waals surface area contributed by atoms with E-state index in [0.29, 0.717) is 5.56 Å². The van der Waals surface area contributed by atoms with E-state index in [4.69, 9.17) is 4.74 Å². The summed E-state index contributed by atoms with van der Waals surface area (Å²) in [4.78, 5) is 12.7. The first kappa shape index (κ1) is 17.5. The molecule has 0 bridgehead atoms. The van der Waals surface area contributed by atoms with Crippen molar-refractivity contribution in [2.75, 3.05) is 0 Å². The quantitative estimate of drug-likeness (QED) is 0.862. The molecule has 23 heavy (non-hydrogen) atoms. The molecular weight excluding hydrogens is 290 g/mol. The van der Waals surface area contributed by atoms with Gasteiger partial charge in [-0.05, 0) is 54.5 Å². The van der Waals surface area contributed by atoms with E-state index in [1.165, 1.54) is 0 Å². The molecule has 0 aliphatic carbocycles. The molecule has 4 heteroatoms. The summed E-state index contributed by atoms with van der Waals surface area (Å²) in [5.74, 6) is -0.326. The van der Waals surface area contributed by atoms with Gasteiger partial charge in [-0.2, -0.15) is 0 Å². The van der Waals surface area contributed by atoms with Gasteiger partial charge in [0.2, 0.25) is 0 Å². The van der Waals surface area contributed by atoms with E-state index < -0.39 is 11.2 Å².